The van der Waals surface area contributed by atoms with Crippen LogP contribution in [0, 0.1) is 64.1 Å². The van der Waals surface area contributed by atoms with Gasteiger partial charge in [-0.2, -0.15) is 5.26 Å². The second-order valence-corrected chi connectivity index (χ2v) is 12.5. The molecule has 0 heterocycles. The summed E-state index contributed by atoms with van der Waals surface area (Å²) < 4.78 is 5.80. The molecule has 3 unspecified atom stereocenters. The zero-order chi connectivity index (χ0) is 23.0. The summed E-state index contributed by atoms with van der Waals surface area (Å²) in [6, 6.07) is 10.7. The van der Waals surface area contributed by atoms with Crippen molar-refractivity contribution < 1.29 is 4.74 Å². The van der Waals surface area contributed by atoms with E-state index < -0.39 is 0 Å². The summed E-state index contributed by atoms with van der Waals surface area (Å²) in [5.41, 5.74) is 2.70. The molecule has 4 aliphatic carbocycles. The van der Waals surface area contributed by atoms with Gasteiger partial charge in [-0.05, 0) is 142 Å². The van der Waals surface area contributed by atoms with Crippen LogP contribution in [0.25, 0.3) is 0 Å². The first-order chi connectivity index (χ1) is 16.0. The zero-order valence-corrected chi connectivity index (χ0v) is 21.3. The fourth-order valence-corrected chi connectivity index (χ4v) is 9.64. The lowest BCUT2D eigenvalue weighted by Gasteiger charge is -2.57. The smallest absolute Gasteiger partial charge is 0.0991 e. The molecule has 0 amide bonds. The molecule has 2 nitrogen and oxygen atoms in total. The predicted molar refractivity (Wildman–Crippen MR) is 135 cm³/mol. The Labute approximate surface area is 202 Å². The van der Waals surface area contributed by atoms with Gasteiger partial charge < -0.3 is 4.74 Å². The van der Waals surface area contributed by atoms with Crippen LogP contribution in [0.5, 0.6) is 0 Å². The Morgan fingerprint density at radius 2 is 1.91 bits per heavy atom. The predicted octanol–water partition coefficient (Wildman–Crippen LogP) is 7.66. The molecule has 1 aromatic rings. The van der Waals surface area contributed by atoms with Crippen molar-refractivity contribution in [3.8, 4) is 6.07 Å². The lowest BCUT2D eigenvalue weighted by molar-refractivity contribution is -0.0777. The molecule has 0 N–H and O–H groups in total. The van der Waals surface area contributed by atoms with Gasteiger partial charge in [-0.1, -0.05) is 26.0 Å². The van der Waals surface area contributed by atoms with Crippen molar-refractivity contribution in [2.45, 2.75) is 85.0 Å². The standard InChI is InChI=1S/C31H45NO/c1-4-33-20-24-8-10-26-25(18-24)9-11-28-27(26)14-15-31(3)29(12-13-30(28)31)21(2)16-22-6-5-7-23(17-22)19-32/h5-7,17,21,24-30H,4,8-16,18,20H2,1-3H3/t21-,24-,25+,26-,27?,28+,29?,30?,31+/m0/s1. The summed E-state index contributed by atoms with van der Waals surface area (Å²) in [4.78, 5) is 0. The van der Waals surface area contributed by atoms with Crippen molar-refractivity contribution in [1.82, 2.24) is 0 Å². The quantitative estimate of drug-likeness (QED) is 0.448. The third-order valence-electron chi connectivity index (χ3n) is 11.0. The van der Waals surface area contributed by atoms with E-state index in [1.165, 1.54) is 63.4 Å². The van der Waals surface area contributed by atoms with E-state index in [0.717, 1.165) is 66.6 Å². The molecule has 5 rings (SSSR count). The Morgan fingerprint density at radius 3 is 2.73 bits per heavy atom. The molecule has 0 saturated heterocycles. The molecule has 0 spiro atoms. The van der Waals surface area contributed by atoms with Gasteiger partial charge in [-0.15, -0.1) is 0 Å². The molecular weight excluding hydrogens is 402 g/mol. The van der Waals surface area contributed by atoms with Gasteiger partial charge >= 0.3 is 0 Å². The average molecular weight is 448 g/mol. The first-order valence-corrected chi connectivity index (χ1v) is 14.1. The Balaban J connectivity index is 1.25. The van der Waals surface area contributed by atoms with Crippen molar-refractivity contribution in [2.75, 3.05) is 13.2 Å². The third kappa shape index (κ3) is 4.40. The van der Waals surface area contributed by atoms with Gasteiger partial charge in [0.05, 0.1) is 11.6 Å². The Bertz CT molecular complexity index is 857. The maximum Gasteiger partial charge on any atom is 0.0991 e. The maximum atomic E-state index is 9.29. The molecular formula is C31H45NO. The van der Waals surface area contributed by atoms with Crippen LogP contribution in [-0.4, -0.2) is 13.2 Å². The van der Waals surface area contributed by atoms with Crippen molar-refractivity contribution in [2.24, 2.45) is 52.8 Å². The number of nitriles is 1. The molecule has 33 heavy (non-hydrogen) atoms. The highest BCUT2D eigenvalue weighted by Crippen LogP contribution is 2.65. The molecule has 0 radical (unpaired) electrons. The number of ether oxygens (including phenoxy) is 1. The second-order valence-electron chi connectivity index (χ2n) is 12.5. The van der Waals surface area contributed by atoms with Gasteiger partial charge in [0.15, 0.2) is 0 Å². The van der Waals surface area contributed by atoms with E-state index in [0.29, 0.717) is 11.3 Å². The summed E-state index contributed by atoms with van der Waals surface area (Å²) in [7, 11) is 0. The van der Waals surface area contributed by atoms with Crippen LogP contribution in [0.15, 0.2) is 24.3 Å². The van der Waals surface area contributed by atoms with Crippen molar-refractivity contribution >= 4 is 0 Å². The summed E-state index contributed by atoms with van der Waals surface area (Å²) in [5.74, 6) is 7.33. The molecule has 9 atom stereocenters. The van der Waals surface area contributed by atoms with Crippen LogP contribution >= 0.6 is 0 Å². The van der Waals surface area contributed by atoms with Crippen LogP contribution in [0.2, 0.25) is 0 Å². The molecule has 1 aromatic carbocycles. The molecule has 2 heteroatoms. The number of benzene rings is 1. The zero-order valence-electron chi connectivity index (χ0n) is 21.3. The van der Waals surface area contributed by atoms with E-state index in [4.69, 9.17) is 4.74 Å². The number of nitrogens with zero attached hydrogens (tertiary/aromatic N) is 1. The molecule has 180 valence electrons. The lowest BCUT2D eigenvalue weighted by Crippen LogP contribution is -2.49. The number of hydrogen-bond acceptors (Lipinski definition) is 2. The van der Waals surface area contributed by atoms with Crippen molar-refractivity contribution in [1.29, 1.82) is 5.26 Å². The first-order valence-electron chi connectivity index (χ1n) is 14.1. The SMILES string of the molecule is CCOC[C@H]1CC[C@@H]2C3CC[C@@]4(C)C(CCC4[C@@H](C)Cc4cccc(C#N)c4)[C@@H]3CC[C@@H]2C1. The fraction of sp³-hybridized carbons (Fsp3) is 0.774. The normalized spacial score (nSPS) is 40.8. The minimum atomic E-state index is 0.534. The van der Waals surface area contributed by atoms with Gasteiger partial charge in [-0.3, -0.25) is 0 Å². The highest BCUT2D eigenvalue weighted by molar-refractivity contribution is 5.33. The summed E-state index contributed by atoms with van der Waals surface area (Å²) >= 11 is 0. The maximum absolute atomic E-state index is 9.29. The van der Waals surface area contributed by atoms with Gasteiger partial charge in [0.25, 0.3) is 0 Å². The van der Waals surface area contributed by atoms with Crippen LogP contribution in [0.4, 0.5) is 0 Å². The van der Waals surface area contributed by atoms with Crippen LogP contribution < -0.4 is 0 Å². The van der Waals surface area contributed by atoms with Gasteiger partial charge in [0.2, 0.25) is 0 Å². The van der Waals surface area contributed by atoms with E-state index in [1.807, 2.05) is 6.07 Å². The largest absolute Gasteiger partial charge is 0.381 e. The fourth-order valence-electron chi connectivity index (χ4n) is 9.64. The third-order valence-corrected chi connectivity index (χ3v) is 11.0. The summed E-state index contributed by atoms with van der Waals surface area (Å²) in [6.07, 6.45) is 14.3. The molecule has 0 aliphatic heterocycles. The van der Waals surface area contributed by atoms with E-state index in [9.17, 15) is 5.26 Å². The lowest BCUT2D eigenvalue weighted by atomic mass is 9.48. The van der Waals surface area contributed by atoms with E-state index >= 15 is 0 Å². The Morgan fingerprint density at radius 1 is 1.06 bits per heavy atom. The van der Waals surface area contributed by atoms with Gasteiger partial charge in [0.1, 0.15) is 0 Å². The number of fused-ring (bicyclic) bond motifs is 5. The molecule has 4 aliphatic rings. The Kier molecular flexibility index (Phi) is 6.91. The van der Waals surface area contributed by atoms with E-state index in [2.05, 4.69) is 45.0 Å². The highest BCUT2D eigenvalue weighted by Gasteiger charge is 2.57. The van der Waals surface area contributed by atoms with E-state index in [1.54, 1.807) is 0 Å². The molecule has 4 fully saturated rings. The average Bonchev–Trinajstić information content (AvgIpc) is 3.19. The number of rotatable bonds is 6. The van der Waals surface area contributed by atoms with Crippen molar-refractivity contribution in [3.63, 3.8) is 0 Å². The monoisotopic (exact) mass is 447 g/mol. The topological polar surface area (TPSA) is 33.0 Å². The van der Waals surface area contributed by atoms with Gasteiger partial charge in [-0.25, -0.2) is 0 Å². The summed E-state index contributed by atoms with van der Waals surface area (Å²) in [6.45, 7) is 9.19. The Hall–Kier alpha value is -1.33. The summed E-state index contributed by atoms with van der Waals surface area (Å²) in [5, 5.41) is 9.29. The van der Waals surface area contributed by atoms with Crippen LogP contribution in [0.3, 0.4) is 0 Å². The van der Waals surface area contributed by atoms with Gasteiger partial charge in [0, 0.05) is 13.2 Å². The van der Waals surface area contributed by atoms with Crippen LogP contribution in [0.1, 0.15) is 89.7 Å². The van der Waals surface area contributed by atoms with E-state index in [-0.39, 0.29) is 0 Å². The molecule has 4 saturated carbocycles. The molecule has 0 bridgehead atoms. The minimum absolute atomic E-state index is 0.534. The molecule has 0 aromatic heterocycles. The minimum Gasteiger partial charge on any atom is -0.381 e. The second kappa shape index (κ2) is 9.73. The highest BCUT2D eigenvalue weighted by atomic mass is 16.5. The first kappa shape index (κ1) is 23.4. The van der Waals surface area contributed by atoms with Crippen LogP contribution in [-0.2, 0) is 11.2 Å². The number of hydrogen-bond donors (Lipinski definition) is 0. The van der Waals surface area contributed by atoms with Crippen molar-refractivity contribution in [3.05, 3.63) is 35.4 Å².